The normalized spacial score (nSPS) is 18.3. The fourth-order valence-corrected chi connectivity index (χ4v) is 4.60. The average molecular weight is 424 g/mol. The number of hydrogen-bond acceptors (Lipinski definition) is 7. The van der Waals surface area contributed by atoms with Crippen LogP contribution in [0.25, 0.3) is 11.8 Å². The summed E-state index contributed by atoms with van der Waals surface area (Å²) >= 11 is 0. The zero-order valence-electron chi connectivity index (χ0n) is 18.1. The molecule has 0 spiro atoms. The van der Waals surface area contributed by atoms with Crippen molar-refractivity contribution < 1.29 is 28.5 Å². The van der Waals surface area contributed by atoms with Gasteiger partial charge in [0.2, 0.25) is 12.5 Å². The molecule has 5 rings (SSSR count). The van der Waals surface area contributed by atoms with E-state index in [9.17, 15) is 4.79 Å². The van der Waals surface area contributed by atoms with Gasteiger partial charge in [0.25, 0.3) is 5.91 Å². The fourth-order valence-electron chi connectivity index (χ4n) is 4.60. The van der Waals surface area contributed by atoms with E-state index in [0.717, 1.165) is 22.4 Å². The summed E-state index contributed by atoms with van der Waals surface area (Å²) in [6.07, 6.45) is 2.37. The van der Waals surface area contributed by atoms with Crippen LogP contribution in [-0.4, -0.2) is 64.1 Å². The summed E-state index contributed by atoms with van der Waals surface area (Å²) in [5.74, 6) is 2.70. The molecule has 0 N–H and O–H groups in total. The number of amides is 1. The third kappa shape index (κ3) is 2.68. The lowest BCUT2D eigenvalue weighted by Crippen LogP contribution is -2.45. The van der Waals surface area contributed by atoms with Crippen LogP contribution in [0.15, 0.2) is 18.2 Å². The van der Waals surface area contributed by atoms with Gasteiger partial charge in [-0.2, -0.15) is 0 Å². The minimum absolute atomic E-state index is 0.123. The molecule has 3 heterocycles. The Balaban J connectivity index is 1.80. The van der Waals surface area contributed by atoms with Crippen molar-refractivity contribution in [1.82, 2.24) is 9.80 Å². The molecule has 8 heteroatoms. The first-order chi connectivity index (χ1) is 15.0. The lowest BCUT2D eigenvalue weighted by molar-refractivity contribution is 0.0664. The van der Waals surface area contributed by atoms with Crippen molar-refractivity contribution in [3.8, 4) is 28.7 Å². The Morgan fingerprint density at radius 3 is 2.52 bits per heavy atom. The molecule has 31 heavy (non-hydrogen) atoms. The highest BCUT2D eigenvalue weighted by atomic mass is 16.7. The van der Waals surface area contributed by atoms with E-state index < -0.39 is 0 Å². The Hall–Kier alpha value is -3.39. The fraction of sp³-hybridized carbons (Fsp3) is 0.348. The van der Waals surface area contributed by atoms with E-state index >= 15 is 0 Å². The number of methoxy groups -OCH3 is 3. The number of carbonyl (C=O) groups is 1. The van der Waals surface area contributed by atoms with E-state index in [2.05, 4.69) is 0 Å². The molecule has 0 bridgehead atoms. The minimum Gasteiger partial charge on any atom is -0.493 e. The summed E-state index contributed by atoms with van der Waals surface area (Å²) in [7, 11) is 8.65. The third-order valence-corrected chi connectivity index (χ3v) is 6.04. The zero-order valence-corrected chi connectivity index (χ0v) is 18.1. The van der Waals surface area contributed by atoms with Crippen molar-refractivity contribution in [1.29, 1.82) is 0 Å². The number of fused-ring (bicyclic) bond motifs is 5. The number of ether oxygens (including phenoxy) is 5. The molecule has 8 nitrogen and oxygen atoms in total. The molecule has 0 saturated carbocycles. The van der Waals surface area contributed by atoms with Crippen LogP contribution in [-0.2, 0) is 6.42 Å². The van der Waals surface area contributed by atoms with Crippen molar-refractivity contribution in [2.45, 2.75) is 12.6 Å². The highest BCUT2D eigenvalue weighted by molar-refractivity contribution is 6.14. The van der Waals surface area contributed by atoms with E-state index in [1.165, 1.54) is 0 Å². The van der Waals surface area contributed by atoms with Crippen LogP contribution in [0.4, 0.5) is 0 Å². The molecule has 0 aromatic heterocycles. The molecular formula is C23H24N2O6. The van der Waals surface area contributed by atoms with Crippen LogP contribution in [0.3, 0.4) is 0 Å². The molecule has 0 unspecified atom stereocenters. The number of benzene rings is 2. The molecule has 2 aromatic carbocycles. The van der Waals surface area contributed by atoms with Crippen LogP contribution >= 0.6 is 0 Å². The first-order valence-electron chi connectivity index (χ1n) is 9.96. The Morgan fingerprint density at radius 1 is 1.06 bits per heavy atom. The van der Waals surface area contributed by atoms with Crippen molar-refractivity contribution in [3.05, 3.63) is 40.5 Å². The molecule has 1 atom stereocenters. The number of rotatable bonds is 4. The van der Waals surface area contributed by atoms with Gasteiger partial charge in [-0.05, 0) is 43.9 Å². The second kappa shape index (κ2) is 7.09. The van der Waals surface area contributed by atoms with E-state index in [-0.39, 0.29) is 18.9 Å². The first-order valence-corrected chi connectivity index (χ1v) is 9.96. The van der Waals surface area contributed by atoms with E-state index in [0.29, 0.717) is 40.7 Å². The van der Waals surface area contributed by atoms with E-state index in [4.69, 9.17) is 23.7 Å². The molecule has 0 radical (unpaired) electrons. The van der Waals surface area contributed by atoms with Crippen LogP contribution in [0.2, 0.25) is 0 Å². The Morgan fingerprint density at radius 2 is 1.84 bits per heavy atom. The van der Waals surface area contributed by atoms with E-state index in [1.807, 2.05) is 48.2 Å². The van der Waals surface area contributed by atoms with Gasteiger partial charge in [-0.15, -0.1) is 0 Å². The van der Waals surface area contributed by atoms with Gasteiger partial charge < -0.3 is 23.7 Å². The highest BCUT2D eigenvalue weighted by Crippen LogP contribution is 2.51. The van der Waals surface area contributed by atoms with Crippen LogP contribution in [0.5, 0.6) is 28.7 Å². The topological polar surface area (TPSA) is 69.7 Å². The summed E-state index contributed by atoms with van der Waals surface area (Å²) in [5.41, 5.74) is 3.99. The molecule has 0 fully saturated rings. The van der Waals surface area contributed by atoms with Gasteiger partial charge in [0, 0.05) is 17.5 Å². The quantitative estimate of drug-likeness (QED) is 0.748. The van der Waals surface area contributed by atoms with Gasteiger partial charge in [-0.3, -0.25) is 14.6 Å². The predicted octanol–water partition coefficient (Wildman–Crippen LogP) is 2.84. The third-order valence-electron chi connectivity index (χ3n) is 6.04. The molecule has 3 aliphatic rings. The van der Waals surface area contributed by atoms with Crippen molar-refractivity contribution >= 4 is 17.7 Å². The standard InChI is InChI=1S/C23H24N2O6/c1-24(2)18-9-12-8-17-22(31-11-30-17)20(28-4)14(12)10-15-13-6-7-16(27-3)21(29-5)19(13)23(26)25(15)18/h6-8,10,18H,9,11H2,1-5H3/t18-/m1/s1. The molecule has 0 aliphatic carbocycles. The van der Waals surface area contributed by atoms with Crippen molar-refractivity contribution in [3.63, 3.8) is 0 Å². The first kappa shape index (κ1) is 19.6. The van der Waals surface area contributed by atoms with Gasteiger partial charge >= 0.3 is 0 Å². The summed E-state index contributed by atoms with van der Waals surface area (Å²) in [6.45, 7) is 0.159. The highest BCUT2D eigenvalue weighted by Gasteiger charge is 2.43. The number of hydrogen-bond donors (Lipinski definition) is 0. The Bertz CT molecular complexity index is 1120. The molecule has 162 valence electrons. The van der Waals surface area contributed by atoms with Gasteiger partial charge in [-0.25, -0.2) is 0 Å². The summed E-state index contributed by atoms with van der Waals surface area (Å²) in [5, 5.41) is 0. The second-order valence-electron chi connectivity index (χ2n) is 7.79. The monoisotopic (exact) mass is 424 g/mol. The maximum atomic E-state index is 13.7. The lowest BCUT2D eigenvalue weighted by Gasteiger charge is -2.33. The molecule has 3 aliphatic heterocycles. The maximum absolute atomic E-state index is 13.7. The number of nitrogens with zero attached hydrogens (tertiary/aromatic N) is 2. The predicted molar refractivity (Wildman–Crippen MR) is 114 cm³/mol. The van der Waals surface area contributed by atoms with Gasteiger partial charge in [-0.1, -0.05) is 0 Å². The molecule has 2 aromatic rings. The van der Waals surface area contributed by atoms with Crippen LogP contribution in [0, 0.1) is 0 Å². The van der Waals surface area contributed by atoms with Gasteiger partial charge in [0.15, 0.2) is 23.0 Å². The largest absolute Gasteiger partial charge is 0.493 e. The lowest BCUT2D eigenvalue weighted by atomic mass is 9.99. The Labute approximate surface area is 180 Å². The summed E-state index contributed by atoms with van der Waals surface area (Å²) in [6, 6.07) is 5.70. The smallest absolute Gasteiger partial charge is 0.264 e. The van der Waals surface area contributed by atoms with E-state index in [1.54, 1.807) is 21.3 Å². The Kier molecular flexibility index (Phi) is 4.48. The van der Waals surface area contributed by atoms with Crippen molar-refractivity contribution in [2.24, 2.45) is 0 Å². The summed E-state index contributed by atoms with van der Waals surface area (Å²) < 4.78 is 28.0. The molecule has 0 saturated heterocycles. The minimum atomic E-state index is -0.215. The zero-order chi connectivity index (χ0) is 21.9. The number of likely N-dealkylation sites (N-methyl/N-ethyl adjacent to an activating group) is 1. The van der Waals surface area contributed by atoms with Gasteiger partial charge in [0.1, 0.15) is 0 Å². The number of carbonyl (C=O) groups excluding carboxylic acids is 1. The molecular weight excluding hydrogens is 400 g/mol. The second-order valence-corrected chi connectivity index (χ2v) is 7.79. The van der Waals surface area contributed by atoms with Crippen molar-refractivity contribution in [2.75, 3.05) is 42.2 Å². The SMILES string of the molecule is COc1ccc2c(c1OC)C(=O)N1C2=Cc2c(cc3c(c2OC)OCO3)C[C@@H]1N(C)C. The van der Waals surface area contributed by atoms with Crippen LogP contribution < -0.4 is 23.7 Å². The van der Waals surface area contributed by atoms with Crippen LogP contribution in [0.1, 0.15) is 27.0 Å². The van der Waals surface area contributed by atoms with Gasteiger partial charge in [0.05, 0.1) is 38.8 Å². The molecule has 1 amide bonds. The average Bonchev–Trinajstić information content (AvgIpc) is 3.28. The maximum Gasteiger partial charge on any atom is 0.264 e. The summed E-state index contributed by atoms with van der Waals surface area (Å²) in [4.78, 5) is 17.5.